The molecular weight excluding hydrogens is 614 g/mol. The van der Waals surface area contributed by atoms with Gasteiger partial charge in [0, 0.05) is 29.6 Å². The Morgan fingerprint density at radius 1 is 0.894 bits per heavy atom. The van der Waals surface area contributed by atoms with Crippen LogP contribution in [0.25, 0.3) is 22.2 Å². The molecule has 0 bridgehead atoms. The third-order valence-corrected chi connectivity index (χ3v) is 9.95. The van der Waals surface area contributed by atoms with E-state index in [1.54, 1.807) is 45.0 Å². The molecule has 1 N–H and O–H groups in total. The maximum atomic E-state index is 13.7. The highest BCUT2D eigenvalue weighted by Gasteiger charge is 2.32. The number of rotatable bonds is 6. The van der Waals surface area contributed by atoms with Crippen molar-refractivity contribution in [1.82, 2.24) is 14.8 Å². The minimum absolute atomic E-state index is 0.0195. The number of benzene rings is 3. The van der Waals surface area contributed by atoms with E-state index in [-0.39, 0.29) is 34.1 Å². The first-order chi connectivity index (χ1) is 22.1. The third kappa shape index (κ3) is 6.80. The lowest BCUT2D eigenvalue weighted by atomic mass is 9.87. The minimum atomic E-state index is -4.19. The van der Waals surface area contributed by atoms with Gasteiger partial charge in [-0.15, -0.1) is 0 Å². The molecular formula is C37H43N3O6S. The van der Waals surface area contributed by atoms with Gasteiger partial charge in [0.2, 0.25) is 0 Å². The zero-order chi connectivity index (χ0) is 33.7. The van der Waals surface area contributed by atoms with Gasteiger partial charge in [-0.25, -0.2) is 9.36 Å². The second-order valence-corrected chi connectivity index (χ2v) is 16.1. The van der Waals surface area contributed by atoms with Gasteiger partial charge in [0.1, 0.15) is 16.2 Å². The first-order valence-electron chi connectivity index (χ1n) is 16.2. The van der Waals surface area contributed by atoms with E-state index in [4.69, 9.17) is 8.92 Å². The van der Waals surface area contributed by atoms with Crippen LogP contribution in [0, 0.1) is 0 Å². The number of amides is 1. The maximum absolute atomic E-state index is 13.7. The van der Waals surface area contributed by atoms with Crippen molar-refractivity contribution in [3.63, 3.8) is 0 Å². The van der Waals surface area contributed by atoms with Crippen LogP contribution in [0.15, 0.2) is 65.6 Å². The Bertz CT molecular complexity index is 1960. The molecule has 1 fully saturated rings. The fourth-order valence-electron chi connectivity index (χ4n) is 6.34. The molecule has 3 heterocycles. The van der Waals surface area contributed by atoms with Crippen LogP contribution in [0.2, 0.25) is 0 Å². The van der Waals surface area contributed by atoms with E-state index in [2.05, 4.69) is 37.1 Å². The van der Waals surface area contributed by atoms with E-state index < -0.39 is 21.8 Å². The van der Waals surface area contributed by atoms with Gasteiger partial charge >= 0.3 is 16.2 Å². The number of fused-ring (bicyclic) bond motifs is 2. The molecule has 0 aliphatic carbocycles. The third-order valence-electron chi connectivity index (χ3n) is 8.70. The molecule has 6 rings (SSSR count). The Kier molecular flexibility index (Phi) is 8.47. The topological polar surface area (TPSA) is 107 Å². The number of hydrogen-bond acceptors (Lipinski definition) is 7. The van der Waals surface area contributed by atoms with Crippen molar-refractivity contribution < 1.29 is 26.9 Å². The van der Waals surface area contributed by atoms with Gasteiger partial charge in [-0.05, 0) is 106 Å². The van der Waals surface area contributed by atoms with Gasteiger partial charge < -0.3 is 14.2 Å². The number of hydrogen-bond donors (Lipinski definition) is 1. The van der Waals surface area contributed by atoms with Gasteiger partial charge in [0.15, 0.2) is 0 Å². The van der Waals surface area contributed by atoms with Crippen LogP contribution in [-0.4, -0.2) is 48.6 Å². The van der Waals surface area contributed by atoms with Gasteiger partial charge in [-0.2, -0.15) is 8.42 Å². The van der Waals surface area contributed by atoms with Gasteiger partial charge in [0.05, 0.1) is 16.8 Å². The smallest absolute Gasteiger partial charge is 0.419 e. The molecule has 9 nitrogen and oxygen atoms in total. The van der Waals surface area contributed by atoms with Gasteiger partial charge in [-0.3, -0.25) is 9.69 Å². The summed E-state index contributed by atoms with van der Waals surface area (Å²) in [6.45, 7) is 14.6. The predicted octanol–water partition coefficient (Wildman–Crippen LogP) is 7.39. The molecule has 0 radical (unpaired) electrons. The Hall–Kier alpha value is -4.15. The number of nitrogens with zero attached hydrogens (tertiary/aromatic N) is 2. The van der Waals surface area contributed by atoms with Gasteiger partial charge in [-0.1, -0.05) is 45.4 Å². The van der Waals surface area contributed by atoms with E-state index in [9.17, 15) is 18.0 Å². The lowest BCUT2D eigenvalue weighted by Gasteiger charge is -2.26. The quantitative estimate of drug-likeness (QED) is 0.216. The van der Waals surface area contributed by atoms with Crippen molar-refractivity contribution in [3.8, 4) is 17.0 Å². The fourth-order valence-corrected chi connectivity index (χ4v) is 7.30. The normalized spacial score (nSPS) is 15.8. The lowest BCUT2D eigenvalue weighted by Crippen LogP contribution is -2.29. The molecule has 3 aromatic carbocycles. The summed E-state index contributed by atoms with van der Waals surface area (Å²) in [7, 11) is -4.19. The molecule has 0 unspecified atom stereocenters. The molecule has 248 valence electrons. The number of piperidine rings is 1. The molecule has 10 heteroatoms. The van der Waals surface area contributed by atoms with E-state index >= 15 is 0 Å². The fraction of sp³-hybridized carbons (Fsp3) is 0.405. The van der Waals surface area contributed by atoms with Crippen molar-refractivity contribution >= 4 is 33.0 Å². The lowest BCUT2D eigenvalue weighted by molar-refractivity contribution is 0.0546. The van der Waals surface area contributed by atoms with Crippen molar-refractivity contribution in [1.29, 1.82) is 0 Å². The summed E-state index contributed by atoms with van der Waals surface area (Å²) in [6, 6.07) is 17.8. The van der Waals surface area contributed by atoms with Crippen molar-refractivity contribution in [2.24, 2.45) is 0 Å². The van der Waals surface area contributed by atoms with Crippen LogP contribution in [0.5, 0.6) is 5.75 Å². The first kappa shape index (κ1) is 32.8. The zero-order valence-corrected chi connectivity index (χ0v) is 28.8. The van der Waals surface area contributed by atoms with E-state index in [1.165, 1.54) is 36.0 Å². The van der Waals surface area contributed by atoms with Gasteiger partial charge in [0.25, 0.3) is 5.91 Å². The molecule has 0 saturated carbocycles. The number of ether oxygens (including phenoxy) is 1. The minimum Gasteiger partial charge on any atom is -0.443 e. The summed E-state index contributed by atoms with van der Waals surface area (Å²) in [4.78, 5) is 29.5. The number of aromatic nitrogens is 1. The Balaban J connectivity index is 1.42. The summed E-state index contributed by atoms with van der Waals surface area (Å²) in [5, 5.41) is 3.66. The summed E-state index contributed by atoms with van der Waals surface area (Å²) >= 11 is 0. The van der Waals surface area contributed by atoms with E-state index in [0.717, 1.165) is 36.1 Å². The summed E-state index contributed by atoms with van der Waals surface area (Å²) < 4.78 is 39.7. The standard InChI is InChI=1S/C37H43N3O6S/c1-36(2,3)26-11-13-27(14-12-26)47(43,44)46-32-17-15-28(33-29(32)22-38-34(33)41)31-21-25-20-24(23-39-18-8-7-9-19-39)10-16-30(25)40(31)35(42)45-37(4,5)6/h10-17,20-21H,7-9,18-19,22-23H2,1-6H3,(H,38,41). The number of nitrogens with one attached hydrogen (secondary N) is 1. The van der Waals surface area contributed by atoms with Crippen LogP contribution in [0.3, 0.4) is 0 Å². The molecule has 1 saturated heterocycles. The second kappa shape index (κ2) is 12.1. The largest absolute Gasteiger partial charge is 0.443 e. The Morgan fingerprint density at radius 3 is 2.26 bits per heavy atom. The molecule has 2 aliphatic heterocycles. The number of likely N-dealkylation sites (tertiary alicyclic amines) is 1. The van der Waals surface area contributed by atoms with Crippen molar-refractivity contribution in [3.05, 3.63) is 82.9 Å². The molecule has 47 heavy (non-hydrogen) atoms. The van der Waals surface area contributed by atoms with Crippen LogP contribution in [0.4, 0.5) is 4.79 Å². The Labute approximate surface area is 277 Å². The molecule has 4 aromatic rings. The van der Waals surface area contributed by atoms with E-state index in [1.807, 2.05) is 18.2 Å². The monoisotopic (exact) mass is 657 g/mol. The first-order valence-corrected chi connectivity index (χ1v) is 17.6. The van der Waals surface area contributed by atoms with E-state index in [0.29, 0.717) is 22.3 Å². The van der Waals surface area contributed by atoms with Crippen LogP contribution in [-0.2, 0) is 33.4 Å². The SMILES string of the molecule is CC(C)(C)OC(=O)n1c(-c2ccc(OS(=O)(=O)c3ccc(C(C)(C)C)cc3)c3c2C(=O)NC3)cc2cc(CN3CCCCC3)ccc21. The number of carbonyl (C=O) groups excluding carboxylic acids is 2. The van der Waals surface area contributed by atoms with Crippen molar-refractivity contribution in [2.75, 3.05) is 13.1 Å². The van der Waals surface area contributed by atoms with Crippen LogP contribution in [0.1, 0.15) is 87.9 Å². The highest BCUT2D eigenvalue weighted by Crippen LogP contribution is 2.39. The molecule has 0 spiro atoms. The second-order valence-electron chi connectivity index (χ2n) is 14.5. The molecule has 2 aliphatic rings. The highest BCUT2D eigenvalue weighted by molar-refractivity contribution is 7.87. The average Bonchev–Trinajstić information content (AvgIpc) is 3.57. The average molecular weight is 658 g/mol. The van der Waals surface area contributed by atoms with Crippen LogP contribution >= 0.6 is 0 Å². The molecule has 0 atom stereocenters. The molecule has 1 amide bonds. The zero-order valence-electron chi connectivity index (χ0n) is 28.0. The maximum Gasteiger partial charge on any atom is 0.419 e. The summed E-state index contributed by atoms with van der Waals surface area (Å²) in [6.07, 6.45) is 3.08. The number of carbonyl (C=O) groups is 2. The van der Waals surface area contributed by atoms with Crippen molar-refractivity contribution in [2.45, 2.75) is 89.8 Å². The van der Waals surface area contributed by atoms with Crippen LogP contribution < -0.4 is 9.50 Å². The summed E-state index contributed by atoms with van der Waals surface area (Å²) in [5.41, 5.74) is 3.54. The molecule has 1 aromatic heterocycles. The highest BCUT2D eigenvalue weighted by atomic mass is 32.2. The predicted molar refractivity (Wildman–Crippen MR) is 182 cm³/mol. The Morgan fingerprint density at radius 2 is 1.60 bits per heavy atom. The summed E-state index contributed by atoms with van der Waals surface area (Å²) in [5.74, 6) is -0.315.